The van der Waals surface area contributed by atoms with Crippen molar-refractivity contribution in [3.8, 4) is 5.75 Å². The van der Waals surface area contributed by atoms with E-state index in [4.69, 9.17) is 10.5 Å². The summed E-state index contributed by atoms with van der Waals surface area (Å²) in [5.74, 6) is 1.58. The Balaban J connectivity index is 2.93. The Kier molecular flexibility index (Phi) is 6.16. The van der Waals surface area contributed by atoms with Crippen LogP contribution in [0.1, 0.15) is 32.4 Å². The minimum atomic E-state index is 0.218. The number of para-hydroxylation sites is 1. The van der Waals surface area contributed by atoms with E-state index in [0.29, 0.717) is 19.1 Å². The van der Waals surface area contributed by atoms with E-state index in [1.165, 1.54) is 5.56 Å². The van der Waals surface area contributed by atoms with Crippen LogP contribution in [0, 0.1) is 5.92 Å². The number of hydrogen-bond donors (Lipinski definition) is 1. The van der Waals surface area contributed by atoms with Crippen LogP contribution in [0.5, 0.6) is 5.75 Å². The predicted molar refractivity (Wildman–Crippen MR) is 76.9 cm³/mol. The summed E-state index contributed by atoms with van der Waals surface area (Å²) < 4.78 is 5.69. The lowest BCUT2D eigenvalue weighted by molar-refractivity contribution is 0.217. The summed E-state index contributed by atoms with van der Waals surface area (Å²) in [4.78, 5) is 2.31. The smallest absolute Gasteiger partial charge is 0.124 e. The summed E-state index contributed by atoms with van der Waals surface area (Å²) in [7, 11) is 2.13. The molecule has 0 bridgehead atoms. The van der Waals surface area contributed by atoms with Gasteiger partial charge in [0.15, 0.2) is 0 Å². The van der Waals surface area contributed by atoms with E-state index < -0.39 is 0 Å². The minimum absolute atomic E-state index is 0.218. The van der Waals surface area contributed by atoms with Gasteiger partial charge in [-0.05, 0) is 26.0 Å². The molecule has 18 heavy (non-hydrogen) atoms. The Morgan fingerprint density at radius 2 is 1.94 bits per heavy atom. The van der Waals surface area contributed by atoms with Crippen molar-refractivity contribution in [3.05, 3.63) is 29.8 Å². The van der Waals surface area contributed by atoms with Crippen molar-refractivity contribution in [2.75, 3.05) is 26.7 Å². The maximum Gasteiger partial charge on any atom is 0.124 e. The highest BCUT2D eigenvalue weighted by Gasteiger charge is 2.19. The van der Waals surface area contributed by atoms with Crippen LogP contribution in [-0.2, 0) is 0 Å². The van der Waals surface area contributed by atoms with Gasteiger partial charge in [0.2, 0.25) is 0 Å². The molecule has 1 aromatic rings. The molecule has 2 N–H and O–H groups in total. The number of ether oxygens (including phenoxy) is 1. The molecule has 0 aliphatic heterocycles. The van der Waals surface area contributed by atoms with Crippen LogP contribution < -0.4 is 10.5 Å². The first-order chi connectivity index (χ1) is 8.60. The molecule has 1 aromatic carbocycles. The molecule has 1 rings (SSSR count). The molecule has 3 heteroatoms. The predicted octanol–water partition coefficient (Wildman–Crippen LogP) is 2.67. The second-order valence-electron chi connectivity index (χ2n) is 5.06. The zero-order chi connectivity index (χ0) is 13.5. The summed E-state index contributed by atoms with van der Waals surface area (Å²) in [5, 5.41) is 0. The topological polar surface area (TPSA) is 38.5 Å². The van der Waals surface area contributed by atoms with Crippen molar-refractivity contribution in [2.24, 2.45) is 11.7 Å². The quantitative estimate of drug-likeness (QED) is 0.808. The van der Waals surface area contributed by atoms with Gasteiger partial charge in [-0.1, -0.05) is 32.0 Å². The monoisotopic (exact) mass is 250 g/mol. The maximum atomic E-state index is 5.95. The SMILES string of the molecule is CCOc1ccccc1C(CN)N(C)CC(C)C. The highest BCUT2D eigenvalue weighted by atomic mass is 16.5. The molecule has 0 spiro atoms. The molecule has 0 amide bonds. The van der Waals surface area contributed by atoms with Gasteiger partial charge in [-0.15, -0.1) is 0 Å². The highest BCUT2D eigenvalue weighted by molar-refractivity contribution is 5.36. The molecule has 0 fully saturated rings. The molecule has 1 unspecified atom stereocenters. The van der Waals surface area contributed by atoms with Gasteiger partial charge >= 0.3 is 0 Å². The highest BCUT2D eigenvalue weighted by Crippen LogP contribution is 2.28. The third-order valence-electron chi connectivity index (χ3n) is 2.99. The number of likely N-dealkylation sites (N-methyl/N-ethyl adjacent to an activating group) is 1. The molecule has 0 aliphatic carbocycles. The fourth-order valence-corrected chi connectivity index (χ4v) is 2.29. The van der Waals surface area contributed by atoms with Gasteiger partial charge in [-0.2, -0.15) is 0 Å². The van der Waals surface area contributed by atoms with Gasteiger partial charge in [0.1, 0.15) is 5.75 Å². The number of nitrogens with two attached hydrogens (primary N) is 1. The first kappa shape index (κ1) is 15.0. The normalized spacial score (nSPS) is 13.1. The molecule has 102 valence electrons. The summed E-state index contributed by atoms with van der Waals surface area (Å²) in [6, 6.07) is 8.40. The molecule has 0 saturated carbocycles. The van der Waals surface area contributed by atoms with Crippen LogP contribution in [0.25, 0.3) is 0 Å². The van der Waals surface area contributed by atoms with Crippen molar-refractivity contribution in [1.29, 1.82) is 0 Å². The lowest BCUT2D eigenvalue weighted by Gasteiger charge is -2.30. The number of rotatable bonds is 7. The van der Waals surface area contributed by atoms with E-state index >= 15 is 0 Å². The Bertz CT molecular complexity index is 352. The molecule has 0 saturated heterocycles. The first-order valence-corrected chi connectivity index (χ1v) is 6.72. The molecule has 0 aliphatic rings. The molecule has 0 heterocycles. The maximum absolute atomic E-state index is 5.95. The lowest BCUT2D eigenvalue weighted by atomic mass is 10.0. The summed E-state index contributed by atoms with van der Waals surface area (Å²) in [5.41, 5.74) is 7.13. The van der Waals surface area contributed by atoms with Crippen LogP contribution in [-0.4, -0.2) is 31.6 Å². The number of hydrogen-bond acceptors (Lipinski definition) is 3. The number of benzene rings is 1. The van der Waals surface area contributed by atoms with E-state index in [-0.39, 0.29) is 6.04 Å². The van der Waals surface area contributed by atoms with Crippen molar-refractivity contribution in [1.82, 2.24) is 4.90 Å². The van der Waals surface area contributed by atoms with Crippen LogP contribution >= 0.6 is 0 Å². The first-order valence-electron chi connectivity index (χ1n) is 6.72. The van der Waals surface area contributed by atoms with Crippen molar-refractivity contribution in [3.63, 3.8) is 0 Å². The van der Waals surface area contributed by atoms with Crippen LogP contribution in [0.4, 0.5) is 0 Å². The molecule has 0 radical (unpaired) electrons. The van der Waals surface area contributed by atoms with Crippen LogP contribution in [0.15, 0.2) is 24.3 Å². The molecular formula is C15H26N2O. The van der Waals surface area contributed by atoms with E-state index in [0.717, 1.165) is 12.3 Å². The van der Waals surface area contributed by atoms with Gasteiger partial charge in [0, 0.05) is 18.7 Å². The van der Waals surface area contributed by atoms with E-state index in [9.17, 15) is 0 Å². The van der Waals surface area contributed by atoms with Gasteiger partial charge in [0.05, 0.1) is 12.6 Å². The molecule has 3 nitrogen and oxygen atoms in total. The van der Waals surface area contributed by atoms with Crippen LogP contribution in [0.2, 0.25) is 0 Å². The van der Waals surface area contributed by atoms with E-state index in [1.54, 1.807) is 0 Å². The van der Waals surface area contributed by atoms with Gasteiger partial charge in [-0.25, -0.2) is 0 Å². The second kappa shape index (κ2) is 7.39. The van der Waals surface area contributed by atoms with E-state index in [2.05, 4.69) is 31.9 Å². The zero-order valence-electron chi connectivity index (χ0n) is 12.0. The van der Waals surface area contributed by atoms with Gasteiger partial charge in [0.25, 0.3) is 0 Å². The van der Waals surface area contributed by atoms with Crippen molar-refractivity contribution in [2.45, 2.75) is 26.8 Å². The van der Waals surface area contributed by atoms with Gasteiger partial charge in [-0.3, -0.25) is 4.90 Å². The summed E-state index contributed by atoms with van der Waals surface area (Å²) in [6.45, 7) is 8.76. The van der Waals surface area contributed by atoms with Crippen molar-refractivity contribution >= 4 is 0 Å². The third-order valence-corrected chi connectivity index (χ3v) is 2.99. The standard InChI is InChI=1S/C15H26N2O/c1-5-18-15-9-7-6-8-13(15)14(10-16)17(4)11-12(2)3/h6-9,12,14H,5,10-11,16H2,1-4H3. The summed E-state index contributed by atoms with van der Waals surface area (Å²) >= 11 is 0. The third kappa shape index (κ3) is 4.00. The fourth-order valence-electron chi connectivity index (χ4n) is 2.29. The number of nitrogens with zero attached hydrogens (tertiary/aromatic N) is 1. The second-order valence-corrected chi connectivity index (χ2v) is 5.06. The molecular weight excluding hydrogens is 224 g/mol. The van der Waals surface area contributed by atoms with Crippen LogP contribution in [0.3, 0.4) is 0 Å². The Labute approximate surface area is 111 Å². The lowest BCUT2D eigenvalue weighted by Crippen LogP contribution is -2.33. The minimum Gasteiger partial charge on any atom is -0.494 e. The molecule has 0 aromatic heterocycles. The average Bonchev–Trinajstić information content (AvgIpc) is 2.31. The van der Waals surface area contributed by atoms with Gasteiger partial charge < -0.3 is 10.5 Å². The summed E-state index contributed by atoms with van der Waals surface area (Å²) in [6.07, 6.45) is 0. The Morgan fingerprint density at radius 1 is 1.28 bits per heavy atom. The molecule has 1 atom stereocenters. The zero-order valence-corrected chi connectivity index (χ0v) is 12.0. The van der Waals surface area contributed by atoms with E-state index in [1.807, 2.05) is 25.1 Å². The Hall–Kier alpha value is -1.06. The largest absolute Gasteiger partial charge is 0.494 e. The Morgan fingerprint density at radius 3 is 2.50 bits per heavy atom. The van der Waals surface area contributed by atoms with Crippen molar-refractivity contribution < 1.29 is 4.74 Å². The fraction of sp³-hybridized carbons (Fsp3) is 0.600. The average molecular weight is 250 g/mol.